The third kappa shape index (κ3) is 5.89. The van der Waals surface area contributed by atoms with Crippen molar-refractivity contribution >= 4 is 23.3 Å². The van der Waals surface area contributed by atoms with Crippen molar-refractivity contribution in [3.8, 4) is 11.5 Å². The van der Waals surface area contributed by atoms with Crippen molar-refractivity contribution in [2.45, 2.75) is 88.5 Å². The summed E-state index contributed by atoms with van der Waals surface area (Å²) in [5.41, 5.74) is 4.03. The molecule has 1 spiro atoms. The minimum absolute atomic E-state index is 0.0620. The summed E-state index contributed by atoms with van der Waals surface area (Å²) >= 11 is 0. The second kappa shape index (κ2) is 14.0. The van der Waals surface area contributed by atoms with Gasteiger partial charge in [0.2, 0.25) is 5.91 Å². The molecule has 2 heterocycles. The van der Waals surface area contributed by atoms with E-state index in [0.29, 0.717) is 86.0 Å². The maximum Gasteiger partial charge on any atom is 0.251 e. The Morgan fingerprint density at radius 2 is 1.83 bits per heavy atom. The molecule has 2 aliphatic heterocycles. The fraction of sp³-hybridized carbons (Fsp3) is 0.500. The summed E-state index contributed by atoms with van der Waals surface area (Å²) < 4.78 is 18.5. The molecule has 6 atom stereocenters. The number of ether oxygens (including phenoxy) is 3. The molecule has 0 aromatic heterocycles. The zero-order chi connectivity index (χ0) is 36.8. The number of anilines is 1. The highest BCUT2D eigenvalue weighted by Crippen LogP contribution is 2.65. The maximum atomic E-state index is 13.3. The van der Waals surface area contributed by atoms with Crippen LogP contribution in [0.3, 0.4) is 0 Å². The molecule has 0 radical (unpaired) electrons. The summed E-state index contributed by atoms with van der Waals surface area (Å²) in [4.78, 5) is 40.3. The molecule has 2 fully saturated rings. The van der Waals surface area contributed by atoms with Gasteiger partial charge in [-0.15, -0.1) is 0 Å². The Kier molecular flexibility index (Phi) is 9.69. The predicted molar refractivity (Wildman–Crippen MR) is 198 cm³/mol. The van der Waals surface area contributed by atoms with Crippen molar-refractivity contribution < 1.29 is 38.2 Å². The summed E-state index contributed by atoms with van der Waals surface area (Å²) in [5.74, 6) is 1.57. The second-order valence-corrected chi connectivity index (χ2v) is 15.5. The quantitative estimate of drug-likeness (QED) is 0.188. The number of Topliss-reactive ketones (excluding diaryl/α,β-unsaturated/α-hetero) is 1. The largest absolute Gasteiger partial charge is 0.493 e. The van der Waals surface area contributed by atoms with Gasteiger partial charge < -0.3 is 34.0 Å². The normalized spacial score (nSPS) is 27.3. The van der Waals surface area contributed by atoms with E-state index in [1.165, 1.54) is 5.56 Å². The van der Waals surface area contributed by atoms with Gasteiger partial charge in [0, 0.05) is 61.7 Å². The summed E-state index contributed by atoms with van der Waals surface area (Å²) in [6.45, 7) is 8.81. The molecule has 3 aromatic carbocycles. The maximum absolute atomic E-state index is 13.3. The van der Waals surface area contributed by atoms with E-state index < -0.39 is 17.1 Å². The predicted octanol–water partition coefficient (Wildman–Crippen LogP) is 5.08. The van der Waals surface area contributed by atoms with Crippen LogP contribution in [0.2, 0.25) is 0 Å². The lowest BCUT2D eigenvalue weighted by atomic mass is 9.48. The molecule has 10 heteroatoms. The molecule has 2 N–H and O–H groups in total. The molecular weight excluding hydrogens is 658 g/mol. The molecule has 1 saturated carbocycles. The van der Waals surface area contributed by atoms with E-state index in [1.807, 2.05) is 42.5 Å². The van der Waals surface area contributed by atoms with Crippen molar-refractivity contribution in [2.75, 3.05) is 51.9 Å². The van der Waals surface area contributed by atoms with Crippen LogP contribution in [0.15, 0.2) is 60.7 Å². The summed E-state index contributed by atoms with van der Waals surface area (Å²) in [7, 11) is 3.84. The molecule has 276 valence electrons. The number of amides is 2. The third-order valence-corrected chi connectivity index (χ3v) is 12.6. The number of ketones is 1. The minimum atomic E-state index is -1.09. The second-order valence-electron chi connectivity index (χ2n) is 15.5. The fourth-order valence-corrected chi connectivity index (χ4v) is 9.63. The van der Waals surface area contributed by atoms with Gasteiger partial charge in [-0.2, -0.15) is 0 Å². The molecule has 1 saturated heterocycles. The first-order valence-electron chi connectivity index (χ1n) is 18.7. The highest BCUT2D eigenvalue weighted by Gasteiger charge is 2.76. The van der Waals surface area contributed by atoms with Crippen molar-refractivity contribution in [3.05, 3.63) is 88.5 Å². The number of nitrogens with zero attached hydrogens (tertiary/aromatic N) is 2. The van der Waals surface area contributed by atoms with Crippen LogP contribution in [0, 0.1) is 0 Å². The van der Waals surface area contributed by atoms with Crippen molar-refractivity contribution in [3.63, 3.8) is 0 Å². The standard InChI is InChI=1S/C42H51N3O7/c1-6-27(2)30-9-11-31(12-10-30)40(48)43-20-23-51-24-21-44(28(3)46)33-14-7-29(8-15-33)26-45(4)22-19-41-37-32-13-16-35(50-5)38(37)52-39(41)34(47)17-18-42(41,49)36(45)25-32/h7-16,27,36,39,49H,6,17-26H2,1-5H3/p+1/t27?,36-,39+,41+,42-,45?/m1/s1. The Morgan fingerprint density at radius 3 is 2.52 bits per heavy atom. The van der Waals surface area contributed by atoms with Gasteiger partial charge in [-0.05, 0) is 60.2 Å². The molecular formula is C42H52N3O7+. The van der Waals surface area contributed by atoms with Crippen molar-refractivity contribution in [1.29, 1.82) is 0 Å². The van der Waals surface area contributed by atoms with Crippen LogP contribution in [0.25, 0.3) is 0 Å². The third-order valence-electron chi connectivity index (χ3n) is 12.6. The summed E-state index contributed by atoms with van der Waals surface area (Å²) in [6.07, 6.45) is 2.42. The van der Waals surface area contributed by atoms with Crippen LogP contribution in [0.4, 0.5) is 5.69 Å². The van der Waals surface area contributed by atoms with Crippen LogP contribution < -0.4 is 19.7 Å². The smallest absolute Gasteiger partial charge is 0.251 e. The van der Waals surface area contributed by atoms with Gasteiger partial charge in [-0.25, -0.2) is 0 Å². The number of nitrogens with one attached hydrogen (secondary N) is 1. The van der Waals surface area contributed by atoms with E-state index in [2.05, 4.69) is 44.4 Å². The Balaban J connectivity index is 0.971. The molecule has 7 rings (SSSR count). The number of carbonyl (C=O) groups excluding carboxylic acids is 3. The number of methoxy groups -OCH3 is 1. The number of hydrogen-bond acceptors (Lipinski definition) is 7. The van der Waals surface area contributed by atoms with Gasteiger partial charge in [-0.3, -0.25) is 14.4 Å². The zero-order valence-electron chi connectivity index (χ0n) is 31.1. The highest BCUT2D eigenvalue weighted by molar-refractivity contribution is 5.94. The number of piperidine rings is 1. The molecule has 2 unspecified atom stereocenters. The molecule has 10 nitrogen and oxygen atoms in total. The Bertz CT molecular complexity index is 1850. The van der Waals surface area contributed by atoms with E-state index in [0.717, 1.165) is 35.3 Å². The number of aliphatic hydroxyl groups is 1. The topological polar surface area (TPSA) is 114 Å². The first-order chi connectivity index (χ1) is 25.0. The molecule has 2 amide bonds. The van der Waals surface area contributed by atoms with Gasteiger partial charge in [0.25, 0.3) is 5.91 Å². The van der Waals surface area contributed by atoms with Gasteiger partial charge in [0.15, 0.2) is 23.4 Å². The van der Waals surface area contributed by atoms with Crippen LogP contribution in [-0.2, 0) is 32.7 Å². The molecule has 52 heavy (non-hydrogen) atoms. The highest BCUT2D eigenvalue weighted by atomic mass is 16.5. The monoisotopic (exact) mass is 710 g/mol. The van der Waals surface area contributed by atoms with Gasteiger partial charge in [0.05, 0.1) is 39.3 Å². The summed E-state index contributed by atoms with van der Waals surface area (Å²) in [5, 5.41) is 15.7. The average Bonchev–Trinajstić information content (AvgIpc) is 3.51. The van der Waals surface area contributed by atoms with Crippen LogP contribution in [-0.4, -0.2) is 91.9 Å². The first kappa shape index (κ1) is 36.1. The van der Waals surface area contributed by atoms with E-state index in [1.54, 1.807) is 18.9 Å². The number of benzene rings is 3. The summed E-state index contributed by atoms with van der Waals surface area (Å²) in [6, 6.07) is 19.7. The number of rotatable bonds is 13. The van der Waals surface area contributed by atoms with E-state index >= 15 is 0 Å². The van der Waals surface area contributed by atoms with Gasteiger partial charge in [0.1, 0.15) is 18.2 Å². The Morgan fingerprint density at radius 1 is 1.08 bits per heavy atom. The number of likely N-dealkylation sites (tertiary alicyclic amines) is 1. The molecule has 2 aliphatic carbocycles. The average molecular weight is 711 g/mol. The fourth-order valence-electron chi connectivity index (χ4n) is 9.63. The van der Waals surface area contributed by atoms with Gasteiger partial charge >= 0.3 is 0 Å². The van der Waals surface area contributed by atoms with E-state index in [4.69, 9.17) is 14.2 Å². The Hall–Kier alpha value is -4.25. The van der Waals surface area contributed by atoms with Crippen LogP contribution in [0.1, 0.15) is 85.0 Å². The van der Waals surface area contributed by atoms with Crippen molar-refractivity contribution in [1.82, 2.24) is 5.32 Å². The van der Waals surface area contributed by atoms with Crippen LogP contribution in [0.5, 0.6) is 11.5 Å². The number of carbonyl (C=O) groups is 3. The van der Waals surface area contributed by atoms with E-state index in [9.17, 15) is 19.5 Å². The minimum Gasteiger partial charge on any atom is -0.493 e. The first-order valence-corrected chi connectivity index (χ1v) is 18.7. The lowest BCUT2D eigenvalue weighted by Crippen LogP contribution is -2.80. The molecule has 4 aliphatic rings. The lowest BCUT2D eigenvalue weighted by molar-refractivity contribution is -0.961. The Labute approximate surface area is 306 Å². The number of quaternary nitrogens is 1. The SMILES string of the molecule is CCC(C)c1ccc(C(=O)NCCOCCN(C(C)=O)c2ccc(C[N+]3(C)CC[C@]45c6c7ccc(OC)c6O[C@H]4C(=O)CC[C@@]5(O)[C@H]3C7)cc2)cc1. The number of likely N-dealkylation sites (N-methyl/N-ethyl adjacent to an activating group) is 1. The van der Waals surface area contributed by atoms with Crippen molar-refractivity contribution in [2.24, 2.45) is 0 Å². The molecule has 3 aromatic rings. The van der Waals surface area contributed by atoms with E-state index in [-0.39, 0.29) is 23.6 Å². The molecule has 2 bridgehead atoms. The number of hydrogen-bond donors (Lipinski definition) is 2. The van der Waals surface area contributed by atoms with Crippen LogP contribution >= 0.6 is 0 Å². The van der Waals surface area contributed by atoms with Gasteiger partial charge in [-0.1, -0.05) is 44.2 Å². The zero-order valence-corrected chi connectivity index (χ0v) is 31.1. The lowest BCUT2D eigenvalue weighted by Gasteiger charge is -2.64.